The Morgan fingerprint density at radius 2 is 0.677 bits per heavy atom. The van der Waals surface area contributed by atoms with Crippen LogP contribution in [0.3, 0.4) is 0 Å². The number of aromatic nitrogens is 5. The highest BCUT2D eigenvalue weighted by Gasteiger charge is 2.42. The normalized spacial score (nSPS) is 13.6. The van der Waals surface area contributed by atoms with Gasteiger partial charge < -0.3 is 0 Å². The van der Waals surface area contributed by atoms with Crippen LogP contribution in [0.5, 0.6) is 0 Å². The maximum Gasteiger partial charge on any atom is 0.235 e. The number of para-hydroxylation sites is 1. The van der Waals surface area contributed by atoms with E-state index in [-0.39, 0.29) is 16.1 Å². The highest BCUT2D eigenvalue weighted by molar-refractivity contribution is 6.28. The SMILES string of the molecule is CC1(C)c2ccccc2-c2nc(-n3c4ccccc4c4cc5ccccc5cc43)nc(-c3cc4ccccc4c4ccccc34)c21.CC1(C)c2ccccc2-c2nc(Cl)nc(-c3cc4ccccc4c4ccccc34)c21.c1ccc2c(c1)Cc1cc3ccccc3cc1-2. The van der Waals surface area contributed by atoms with E-state index in [4.69, 9.17) is 26.6 Å². The van der Waals surface area contributed by atoms with Crippen molar-refractivity contribution in [3.05, 3.63) is 318 Å². The number of rotatable bonds is 3. The number of fused-ring (bicyclic) bond motifs is 20. The zero-order chi connectivity index (χ0) is 62.3. The van der Waals surface area contributed by atoms with Crippen molar-refractivity contribution in [3.8, 4) is 62.1 Å². The van der Waals surface area contributed by atoms with Gasteiger partial charge in [0.05, 0.1) is 33.8 Å². The molecule has 20 rings (SSSR count). The molecule has 6 heteroatoms. The van der Waals surface area contributed by atoms with Gasteiger partial charge in [0, 0.05) is 55.0 Å². The summed E-state index contributed by atoms with van der Waals surface area (Å²) >= 11 is 6.49. The van der Waals surface area contributed by atoms with Gasteiger partial charge in [0.1, 0.15) is 0 Å². The summed E-state index contributed by atoms with van der Waals surface area (Å²) in [4.78, 5) is 20.6. The lowest BCUT2D eigenvalue weighted by molar-refractivity contribution is 0.657. The number of nitrogens with zero attached hydrogens (tertiary/aromatic N) is 5. The van der Waals surface area contributed by atoms with Gasteiger partial charge in [-0.15, -0.1) is 0 Å². The summed E-state index contributed by atoms with van der Waals surface area (Å²) in [6.45, 7) is 9.14. The molecule has 0 bridgehead atoms. The van der Waals surface area contributed by atoms with Gasteiger partial charge in [-0.25, -0.2) is 19.9 Å². The van der Waals surface area contributed by atoms with Crippen LogP contribution in [0, 0.1) is 0 Å². The first-order valence-corrected chi connectivity index (χ1v) is 32.5. The van der Waals surface area contributed by atoms with E-state index in [1.54, 1.807) is 0 Å². The van der Waals surface area contributed by atoms with Crippen molar-refractivity contribution in [3.63, 3.8) is 0 Å². The Balaban J connectivity index is 0.000000115. The third-order valence-corrected chi connectivity index (χ3v) is 20.4. The first kappa shape index (κ1) is 54.8. The summed E-state index contributed by atoms with van der Waals surface area (Å²) in [5.74, 6) is 0.694. The molecule has 3 heterocycles. The zero-order valence-corrected chi connectivity index (χ0v) is 52.6. The van der Waals surface area contributed by atoms with Crippen molar-refractivity contribution in [2.24, 2.45) is 0 Å². The van der Waals surface area contributed by atoms with Gasteiger partial charge in [-0.3, -0.25) is 4.57 Å². The molecule has 0 atom stereocenters. The predicted molar refractivity (Wildman–Crippen MR) is 389 cm³/mol. The maximum absolute atomic E-state index is 6.49. The number of hydrogen-bond acceptors (Lipinski definition) is 4. The second kappa shape index (κ2) is 21.0. The highest BCUT2D eigenvalue weighted by Crippen LogP contribution is 2.54. The third-order valence-electron chi connectivity index (χ3n) is 20.2. The maximum atomic E-state index is 6.49. The first-order valence-electron chi connectivity index (χ1n) is 32.1. The van der Waals surface area contributed by atoms with E-state index in [1.165, 1.54) is 120 Å². The number of hydrogen-bond donors (Lipinski definition) is 0. The zero-order valence-electron chi connectivity index (χ0n) is 51.9. The van der Waals surface area contributed by atoms with Crippen molar-refractivity contribution < 1.29 is 0 Å². The van der Waals surface area contributed by atoms with E-state index >= 15 is 0 Å². The molecule has 3 aliphatic rings. The van der Waals surface area contributed by atoms with Gasteiger partial charge in [-0.05, 0) is 152 Å². The molecule has 0 saturated carbocycles. The third kappa shape index (κ3) is 8.53. The van der Waals surface area contributed by atoms with Crippen LogP contribution in [-0.4, -0.2) is 24.5 Å². The summed E-state index contributed by atoms with van der Waals surface area (Å²) in [5.41, 5.74) is 20.8. The second-order valence-electron chi connectivity index (χ2n) is 26.1. The number of benzene rings is 14. The monoisotopic (exact) mass is 1210 g/mol. The average molecular weight is 1210 g/mol. The van der Waals surface area contributed by atoms with Crippen LogP contribution in [-0.2, 0) is 17.3 Å². The molecule has 93 heavy (non-hydrogen) atoms. The van der Waals surface area contributed by atoms with E-state index < -0.39 is 0 Å². The summed E-state index contributed by atoms with van der Waals surface area (Å²) in [6.07, 6.45) is 1.08. The molecular formula is C87H60ClN5. The number of halogens is 1. The van der Waals surface area contributed by atoms with Crippen LogP contribution in [0.4, 0.5) is 0 Å². The lowest BCUT2D eigenvalue weighted by atomic mass is 9.80. The summed E-state index contributed by atoms with van der Waals surface area (Å²) in [6, 6.07) is 100. The van der Waals surface area contributed by atoms with Crippen LogP contribution in [0.25, 0.3) is 149 Å². The Morgan fingerprint density at radius 3 is 1.25 bits per heavy atom. The molecule has 3 aliphatic carbocycles. The van der Waals surface area contributed by atoms with Crippen molar-refractivity contribution in [1.82, 2.24) is 24.5 Å². The standard InChI is InChI=1S/C43H29N3.C27H19ClN2.C17H12/c1-43(2)36-21-11-9-20-33(36)40-39(43)41(35-24-28-15-5-6-16-29(28)30-17-7-8-18-31(30)35)45-42(44-40)46-37-22-12-10-19-32(37)34-23-26-13-3-4-14-27(26)25-38(34)46;1-27(2)22-14-8-7-13-20(22)24-23(27)25(30-26(28)29-24)21-15-16-9-3-4-10-17(16)18-11-5-6-12-19(18)21;1-2-6-13-11-17-15(9-12(13)5-1)10-14-7-3-4-8-16(14)17/h3-25H,1-2H3;3-15H,1-2H3;1-9,11H,10H2. The fraction of sp³-hybridized carbons (Fsp3) is 0.0805. The molecule has 3 aromatic heterocycles. The minimum Gasteiger partial charge on any atom is -0.278 e. The molecule has 0 fully saturated rings. The van der Waals surface area contributed by atoms with E-state index in [0.29, 0.717) is 5.95 Å². The van der Waals surface area contributed by atoms with Crippen molar-refractivity contribution >= 4 is 98.0 Å². The van der Waals surface area contributed by atoms with Crippen molar-refractivity contribution in [2.75, 3.05) is 0 Å². The van der Waals surface area contributed by atoms with Crippen LogP contribution in [0.15, 0.2) is 279 Å². The van der Waals surface area contributed by atoms with Crippen LogP contribution in [0.1, 0.15) is 61.1 Å². The predicted octanol–water partition coefficient (Wildman–Crippen LogP) is 22.8. The fourth-order valence-corrected chi connectivity index (χ4v) is 16.1. The Morgan fingerprint density at radius 1 is 0.290 bits per heavy atom. The molecule has 440 valence electrons. The Labute approximate surface area is 543 Å². The summed E-state index contributed by atoms with van der Waals surface area (Å²) in [7, 11) is 0. The molecule has 0 amide bonds. The van der Waals surface area contributed by atoms with Crippen LogP contribution < -0.4 is 0 Å². The summed E-state index contributed by atoms with van der Waals surface area (Å²) < 4.78 is 2.28. The van der Waals surface area contributed by atoms with Gasteiger partial charge in [0.2, 0.25) is 11.2 Å². The molecule has 0 spiro atoms. The highest BCUT2D eigenvalue weighted by atomic mass is 35.5. The fourth-order valence-electron chi connectivity index (χ4n) is 15.9. The molecule has 0 aliphatic heterocycles. The molecule has 14 aromatic carbocycles. The van der Waals surface area contributed by atoms with Gasteiger partial charge in [-0.1, -0.05) is 270 Å². The quantitative estimate of drug-likeness (QED) is 0.131. The van der Waals surface area contributed by atoms with Gasteiger partial charge in [-0.2, -0.15) is 0 Å². The molecular weight excluding hydrogens is 1150 g/mol. The largest absolute Gasteiger partial charge is 0.278 e. The Kier molecular flexibility index (Phi) is 12.4. The van der Waals surface area contributed by atoms with Gasteiger partial charge in [0.25, 0.3) is 0 Å². The van der Waals surface area contributed by atoms with E-state index in [1.807, 2.05) is 0 Å². The summed E-state index contributed by atoms with van der Waals surface area (Å²) in [5, 5.41) is 17.6. The smallest absolute Gasteiger partial charge is 0.235 e. The van der Waals surface area contributed by atoms with Gasteiger partial charge in [0.15, 0.2) is 0 Å². The minimum atomic E-state index is -0.274. The van der Waals surface area contributed by atoms with Crippen molar-refractivity contribution in [2.45, 2.75) is 44.9 Å². The van der Waals surface area contributed by atoms with E-state index in [0.717, 1.165) is 62.5 Å². The Hall–Kier alpha value is -11.1. The first-order chi connectivity index (χ1) is 45.5. The van der Waals surface area contributed by atoms with E-state index in [9.17, 15) is 0 Å². The van der Waals surface area contributed by atoms with Crippen LogP contribution >= 0.6 is 11.6 Å². The lowest BCUT2D eigenvalue weighted by Crippen LogP contribution is -2.18. The molecule has 0 saturated heterocycles. The molecule has 17 aromatic rings. The topological polar surface area (TPSA) is 56.5 Å². The Bertz CT molecular complexity index is 6010. The van der Waals surface area contributed by atoms with Crippen molar-refractivity contribution in [1.29, 1.82) is 0 Å². The van der Waals surface area contributed by atoms with E-state index in [2.05, 4.69) is 316 Å². The minimum absolute atomic E-state index is 0.210. The molecule has 5 nitrogen and oxygen atoms in total. The van der Waals surface area contributed by atoms with Gasteiger partial charge >= 0.3 is 0 Å². The second-order valence-corrected chi connectivity index (χ2v) is 26.5. The lowest BCUT2D eigenvalue weighted by Gasteiger charge is -2.24. The van der Waals surface area contributed by atoms with Crippen LogP contribution in [0.2, 0.25) is 5.28 Å². The molecule has 0 unspecified atom stereocenters. The average Bonchev–Trinajstić information content (AvgIpc) is 1.60. The molecule has 0 N–H and O–H groups in total. The molecule has 0 radical (unpaired) electrons.